The predicted octanol–water partition coefficient (Wildman–Crippen LogP) is 1.26. The van der Waals surface area contributed by atoms with Gasteiger partial charge in [0.15, 0.2) is 6.67 Å². The molecule has 82 valence electrons. The Morgan fingerprint density at radius 2 is 2.00 bits per heavy atom. The first-order chi connectivity index (χ1) is 6.34. The van der Waals surface area contributed by atoms with Crippen LogP contribution in [0.25, 0.3) is 0 Å². The number of nitrogens with zero attached hydrogens (tertiary/aromatic N) is 1. The minimum Gasteiger partial charge on any atom is -0.465 e. The Morgan fingerprint density at radius 1 is 1.50 bits per heavy atom. The topological polar surface area (TPSA) is 69.6 Å². The normalized spacial score (nSPS) is 10.9. The summed E-state index contributed by atoms with van der Waals surface area (Å²) in [6.07, 6.45) is -1.68. The van der Waals surface area contributed by atoms with E-state index in [1.165, 1.54) is 6.92 Å². The molecule has 3 amide bonds. The molecule has 0 atom stereocenters. The van der Waals surface area contributed by atoms with Crippen molar-refractivity contribution in [1.82, 2.24) is 10.2 Å². The van der Waals surface area contributed by atoms with Gasteiger partial charge in [0.05, 0.1) is 0 Å². The van der Waals surface area contributed by atoms with Crippen LogP contribution in [0.5, 0.6) is 0 Å². The van der Waals surface area contributed by atoms with E-state index < -0.39 is 24.8 Å². The van der Waals surface area contributed by atoms with Gasteiger partial charge in [0.25, 0.3) is 0 Å². The van der Waals surface area contributed by atoms with E-state index in [4.69, 9.17) is 5.11 Å². The van der Waals surface area contributed by atoms with Crippen LogP contribution in [0, 0.1) is 0 Å². The van der Waals surface area contributed by atoms with Crippen LogP contribution in [-0.4, -0.2) is 41.4 Å². The average Bonchev–Trinajstić information content (AvgIpc) is 2.03. The number of nitrogens with one attached hydrogen (secondary N) is 1. The molecule has 0 heterocycles. The summed E-state index contributed by atoms with van der Waals surface area (Å²) in [6, 6.07) is -5.59. The van der Waals surface area contributed by atoms with E-state index in [9.17, 15) is 22.8 Å². The summed E-state index contributed by atoms with van der Waals surface area (Å²) < 4.78 is 36.0. The third-order valence-electron chi connectivity index (χ3n) is 1.25. The summed E-state index contributed by atoms with van der Waals surface area (Å²) in [5.74, 6) is 0. The van der Waals surface area contributed by atoms with Crippen LogP contribution >= 0.6 is 0 Å². The zero-order chi connectivity index (χ0) is 11.4. The third kappa shape index (κ3) is 3.50. The largest absolute Gasteiger partial charge is 0.465 e. The van der Waals surface area contributed by atoms with E-state index in [2.05, 4.69) is 0 Å². The summed E-state index contributed by atoms with van der Waals surface area (Å²) in [4.78, 5) is 21.2. The maximum absolute atomic E-state index is 12.2. The number of imide groups is 1. The number of carbonyl (C=O) groups excluding carboxylic acids is 1. The van der Waals surface area contributed by atoms with Crippen LogP contribution in [0.4, 0.5) is 22.8 Å². The van der Waals surface area contributed by atoms with Crippen molar-refractivity contribution in [3.8, 4) is 0 Å². The highest BCUT2D eigenvalue weighted by molar-refractivity contribution is 5.90. The number of urea groups is 1. The van der Waals surface area contributed by atoms with Crippen molar-refractivity contribution >= 4 is 12.1 Å². The molecule has 8 heteroatoms. The molecule has 0 aromatic rings. The first-order valence-corrected chi connectivity index (χ1v) is 3.60. The first kappa shape index (κ1) is 12.5. The zero-order valence-electron chi connectivity index (χ0n) is 7.26. The Bertz CT molecular complexity index is 234. The van der Waals surface area contributed by atoms with Gasteiger partial charge >= 0.3 is 18.2 Å². The molecule has 2 N–H and O–H groups in total. The molecule has 0 aliphatic heterocycles. The maximum atomic E-state index is 12.2. The van der Waals surface area contributed by atoms with Crippen LogP contribution in [0.2, 0.25) is 0 Å². The minimum absolute atomic E-state index is 0.101. The number of alkyl halides is 3. The highest BCUT2D eigenvalue weighted by Gasteiger charge is 2.34. The van der Waals surface area contributed by atoms with E-state index >= 15 is 0 Å². The van der Waals surface area contributed by atoms with E-state index in [-0.39, 0.29) is 11.4 Å². The van der Waals surface area contributed by atoms with E-state index in [0.717, 1.165) is 5.32 Å². The summed E-state index contributed by atoms with van der Waals surface area (Å²) in [6.45, 7) is -1.11. The van der Waals surface area contributed by atoms with Crippen LogP contribution in [0.15, 0.2) is 0 Å². The van der Waals surface area contributed by atoms with Gasteiger partial charge < -0.3 is 5.11 Å². The van der Waals surface area contributed by atoms with Gasteiger partial charge in [-0.1, -0.05) is 0 Å². The summed E-state index contributed by atoms with van der Waals surface area (Å²) in [5, 5.41) is 9.28. The van der Waals surface area contributed by atoms with Crippen LogP contribution < -0.4 is 5.32 Å². The van der Waals surface area contributed by atoms with Gasteiger partial charge in [-0.15, -0.1) is 0 Å². The fourth-order valence-electron chi connectivity index (χ4n) is 0.623. The van der Waals surface area contributed by atoms with Crippen molar-refractivity contribution in [2.75, 3.05) is 13.2 Å². The molecule has 0 aliphatic rings. The summed E-state index contributed by atoms with van der Waals surface area (Å²) in [7, 11) is 0. The second-order valence-corrected chi connectivity index (χ2v) is 2.30. The smallest absolute Gasteiger partial charge is 0.415 e. The SMILES string of the molecule is CCN(C(=O)O)C(=O)NC(F)(F)CF. The Kier molecular flexibility index (Phi) is 4.19. The molecule has 0 saturated carbocycles. The van der Waals surface area contributed by atoms with Crippen molar-refractivity contribution in [3.05, 3.63) is 0 Å². The highest BCUT2D eigenvalue weighted by atomic mass is 19.3. The fourth-order valence-corrected chi connectivity index (χ4v) is 0.623. The Morgan fingerprint density at radius 3 is 2.29 bits per heavy atom. The second kappa shape index (κ2) is 4.68. The molecule has 0 spiro atoms. The zero-order valence-corrected chi connectivity index (χ0v) is 7.26. The monoisotopic (exact) mass is 214 g/mol. The van der Waals surface area contributed by atoms with Gasteiger partial charge in [-0.2, -0.15) is 8.78 Å². The lowest BCUT2D eigenvalue weighted by atomic mass is 10.5. The van der Waals surface area contributed by atoms with Gasteiger partial charge in [-0.25, -0.2) is 18.9 Å². The molecular formula is C6H9F3N2O3. The maximum Gasteiger partial charge on any atom is 0.415 e. The van der Waals surface area contributed by atoms with Crippen molar-refractivity contribution in [1.29, 1.82) is 0 Å². The molecule has 0 radical (unpaired) electrons. The van der Waals surface area contributed by atoms with E-state index in [0.29, 0.717) is 0 Å². The number of carboxylic acid groups (broad SMARTS) is 1. The molecule has 14 heavy (non-hydrogen) atoms. The lowest BCUT2D eigenvalue weighted by Gasteiger charge is -2.19. The summed E-state index contributed by atoms with van der Waals surface area (Å²) in [5.41, 5.74) is 0. The predicted molar refractivity (Wildman–Crippen MR) is 39.9 cm³/mol. The molecule has 0 unspecified atom stereocenters. The van der Waals surface area contributed by atoms with Crippen molar-refractivity contribution in [3.63, 3.8) is 0 Å². The minimum atomic E-state index is -4.04. The van der Waals surface area contributed by atoms with Gasteiger partial charge in [-0.05, 0) is 6.92 Å². The van der Waals surface area contributed by atoms with Gasteiger partial charge in [0.2, 0.25) is 0 Å². The number of carbonyl (C=O) groups is 2. The molecule has 0 saturated heterocycles. The molecule has 0 fully saturated rings. The third-order valence-corrected chi connectivity index (χ3v) is 1.25. The summed E-state index contributed by atoms with van der Waals surface area (Å²) >= 11 is 0. The highest BCUT2D eigenvalue weighted by Crippen LogP contribution is 2.09. The molecule has 0 rings (SSSR count). The van der Waals surface area contributed by atoms with E-state index in [1.807, 2.05) is 0 Å². The molecule has 5 nitrogen and oxygen atoms in total. The number of hydrogen-bond donors (Lipinski definition) is 2. The molecule has 0 bridgehead atoms. The van der Waals surface area contributed by atoms with Gasteiger partial charge in [0.1, 0.15) is 0 Å². The number of amides is 3. The number of rotatable bonds is 3. The first-order valence-electron chi connectivity index (χ1n) is 3.60. The average molecular weight is 214 g/mol. The molecule has 0 aliphatic carbocycles. The van der Waals surface area contributed by atoms with Crippen molar-refractivity contribution in [2.45, 2.75) is 13.0 Å². The Hall–Kier alpha value is -1.47. The fraction of sp³-hybridized carbons (Fsp3) is 0.667. The molecule has 0 aromatic carbocycles. The quantitative estimate of drug-likeness (QED) is 0.695. The standard InChI is InChI=1S/C6H9F3N2O3/c1-2-11(5(13)14)4(12)10-6(8,9)3-7/h2-3H2,1H3,(H,10,12)(H,13,14). The lowest BCUT2D eigenvalue weighted by molar-refractivity contribution is -0.0455. The van der Waals surface area contributed by atoms with Crippen molar-refractivity contribution in [2.24, 2.45) is 0 Å². The molecular weight excluding hydrogens is 205 g/mol. The number of halogens is 3. The van der Waals surface area contributed by atoms with Crippen LogP contribution in [-0.2, 0) is 0 Å². The molecule has 0 aromatic heterocycles. The van der Waals surface area contributed by atoms with E-state index in [1.54, 1.807) is 0 Å². The Labute approximate surface area is 77.5 Å². The number of hydrogen-bond acceptors (Lipinski definition) is 2. The van der Waals surface area contributed by atoms with Gasteiger partial charge in [0, 0.05) is 6.54 Å². The Balaban J connectivity index is 4.39. The van der Waals surface area contributed by atoms with Crippen molar-refractivity contribution < 1.29 is 27.9 Å². The second-order valence-electron chi connectivity index (χ2n) is 2.30. The van der Waals surface area contributed by atoms with Crippen LogP contribution in [0.1, 0.15) is 6.92 Å². The van der Waals surface area contributed by atoms with Crippen LogP contribution in [0.3, 0.4) is 0 Å². The lowest BCUT2D eigenvalue weighted by Crippen LogP contribution is -2.51. The van der Waals surface area contributed by atoms with Gasteiger partial charge in [-0.3, -0.25) is 5.32 Å².